The van der Waals surface area contributed by atoms with E-state index in [0.29, 0.717) is 18.6 Å². The summed E-state index contributed by atoms with van der Waals surface area (Å²) in [7, 11) is 0. The van der Waals surface area contributed by atoms with Gasteiger partial charge in [0.1, 0.15) is 0 Å². The van der Waals surface area contributed by atoms with Gasteiger partial charge in [-0.25, -0.2) is 0 Å². The lowest BCUT2D eigenvalue weighted by molar-refractivity contribution is -0.186. The minimum absolute atomic E-state index is 0.0275. The molecule has 0 radical (unpaired) electrons. The summed E-state index contributed by atoms with van der Waals surface area (Å²) >= 11 is 0. The van der Waals surface area contributed by atoms with Crippen LogP contribution in [0.2, 0.25) is 0 Å². The van der Waals surface area contributed by atoms with Crippen LogP contribution in [-0.2, 0) is 27.2 Å². The van der Waals surface area contributed by atoms with Crippen molar-refractivity contribution in [2.24, 2.45) is 0 Å². The molecule has 204 valence electrons. The molecule has 1 saturated heterocycles. The van der Waals surface area contributed by atoms with Gasteiger partial charge in [-0.05, 0) is 55.4 Å². The van der Waals surface area contributed by atoms with E-state index in [1.807, 2.05) is 0 Å². The quantitative estimate of drug-likeness (QED) is 0.270. The Hall–Kier alpha value is -2.58. The zero-order chi connectivity index (χ0) is 26.3. The van der Waals surface area contributed by atoms with Gasteiger partial charge in [0.05, 0.1) is 13.2 Å². The number of nitrogens with zero attached hydrogens (tertiary/aromatic N) is 2. The number of halogens is 3. The lowest BCUT2D eigenvalue weighted by Gasteiger charge is -2.28. The van der Waals surface area contributed by atoms with Crippen LogP contribution in [0.15, 0.2) is 54.6 Å². The van der Waals surface area contributed by atoms with Gasteiger partial charge in [0, 0.05) is 45.1 Å². The Balaban J connectivity index is 1.21. The fourth-order valence-corrected chi connectivity index (χ4v) is 4.43. The van der Waals surface area contributed by atoms with E-state index in [9.17, 15) is 18.0 Å². The van der Waals surface area contributed by atoms with E-state index >= 15 is 0 Å². The summed E-state index contributed by atoms with van der Waals surface area (Å²) in [6, 6.07) is 17.6. The van der Waals surface area contributed by atoms with E-state index in [-0.39, 0.29) is 13.1 Å². The average molecular weight is 521 g/mol. The van der Waals surface area contributed by atoms with Crippen molar-refractivity contribution in [3.63, 3.8) is 0 Å². The van der Waals surface area contributed by atoms with Crippen LogP contribution >= 0.6 is 0 Å². The van der Waals surface area contributed by atoms with Gasteiger partial charge >= 0.3 is 12.1 Å². The van der Waals surface area contributed by atoms with E-state index in [2.05, 4.69) is 29.2 Å². The van der Waals surface area contributed by atoms with Gasteiger partial charge < -0.3 is 19.3 Å². The molecule has 1 fully saturated rings. The van der Waals surface area contributed by atoms with E-state index in [1.165, 1.54) is 11.3 Å². The van der Waals surface area contributed by atoms with Gasteiger partial charge in [0.15, 0.2) is 0 Å². The van der Waals surface area contributed by atoms with Gasteiger partial charge in [-0.15, -0.1) is 0 Å². The maximum Gasteiger partial charge on any atom is 0.471 e. The molecular weight excluding hydrogens is 481 g/mol. The highest BCUT2D eigenvalue weighted by atomic mass is 19.4. The van der Waals surface area contributed by atoms with Crippen LogP contribution in [0, 0.1) is 0 Å². The monoisotopic (exact) mass is 520 g/mol. The second-order valence-corrected chi connectivity index (χ2v) is 9.46. The zero-order valence-corrected chi connectivity index (χ0v) is 21.6. The topological polar surface area (TPSA) is 42.0 Å². The number of hydrogen-bond acceptors (Lipinski definition) is 4. The number of amides is 1. The largest absolute Gasteiger partial charge is 0.471 e. The molecule has 3 rings (SSSR count). The van der Waals surface area contributed by atoms with Crippen molar-refractivity contribution in [3.05, 3.63) is 65.7 Å². The summed E-state index contributed by atoms with van der Waals surface area (Å²) in [6.07, 6.45) is 1.29. The molecule has 0 N–H and O–H groups in total. The molecule has 0 aliphatic carbocycles. The maximum atomic E-state index is 13.0. The Morgan fingerprint density at radius 1 is 0.838 bits per heavy atom. The number of morpholine rings is 1. The number of unbranched alkanes of at least 4 members (excludes halogenated alkanes) is 4. The number of hydrogen-bond donors (Lipinski definition) is 0. The third-order valence-electron chi connectivity index (χ3n) is 6.53. The molecule has 0 atom stereocenters. The lowest BCUT2D eigenvalue weighted by Crippen LogP contribution is -2.41. The van der Waals surface area contributed by atoms with Gasteiger partial charge in [0.25, 0.3) is 0 Å². The van der Waals surface area contributed by atoms with Crippen molar-refractivity contribution in [1.29, 1.82) is 0 Å². The molecule has 1 aliphatic heterocycles. The first-order valence-corrected chi connectivity index (χ1v) is 13.3. The smallest absolute Gasteiger partial charge is 0.381 e. The molecule has 0 spiro atoms. The Labute approximate surface area is 218 Å². The van der Waals surface area contributed by atoms with Crippen molar-refractivity contribution in [2.45, 2.75) is 57.7 Å². The molecule has 0 unspecified atom stereocenters. The van der Waals surface area contributed by atoms with E-state index in [4.69, 9.17) is 9.47 Å². The molecule has 0 saturated carbocycles. The van der Waals surface area contributed by atoms with Crippen molar-refractivity contribution >= 4 is 11.6 Å². The Kier molecular flexibility index (Phi) is 12.2. The fourth-order valence-electron chi connectivity index (χ4n) is 4.43. The first kappa shape index (κ1) is 29.0. The summed E-state index contributed by atoms with van der Waals surface area (Å²) in [5.74, 6) is -1.77. The van der Waals surface area contributed by atoms with E-state index in [0.717, 1.165) is 76.3 Å². The second kappa shape index (κ2) is 15.6. The van der Waals surface area contributed by atoms with Crippen molar-refractivity contribution in [3.8, 4) is 0 Å². The van der Waals surface area contributed by atoms with E-state index in [1.54, 1.807) is 30.3 Å². The van der Waals surface area contributed by atoms with Gasteiger partial charge in [0.2, 0.25) is 0 Å². The molecule has 0 bridgehead atoms. The molecule has 2 aromatic rings. The van der Waals surface area contributed by atoms with E-state index < -0.39 is 12.1 Å². The number of ether oxygens (including phenoxy) is 2. The van der Waals surface area contributed by atoms with Crippen LogP contribution in [-0.4, -0.2) is 63.0 Å². The van der Waals surface area contributed by atoms with Gasteiger partial charge in [-0.1, -0.05) is 55.3 Å². The van der Waals surface area contributed by atoms with Crippen LogP contribution in [0.1, 0.15) is 49.7 Å². The predicted molar refractivity (Wildman–Crippen MR) is 140 cm³/mol. The third-order valence-corrected chi connectivity index (χ3v) is 6.53. The van der Waals surface area contributed by atoms with Gasteiger partial charge in [-0.2, -0.15) is 13.2 Å². The minimum atomic E-state index is -4.85. The predicted octanol–water partition coefficient (Wildman–Crippen LogP) is 6.01. The highest BCUT2D eigenvalue weighted by Gasteiger charge is 2.42. The fraction of sp³-hybridized carbons (Fsp3) is 0.552. The molecule has 2 aromatic carbocycles. The van der Waals surface area contributed by atoms with Crippen LogP contribution in [0.3, 0.4) is 0 Å². The molecular formula is C29H39F3N2O3. The summed E-state index contributed by atoms with van der Waals surface area (Å²) < 4.78 is 50.1. The van der Waals surface area contributed by atoms with Crippen molar-refractivity contribution in [1.82, 2.24) is 4.90 Å². The summed E-state index contributed by atoms with van der Waals surface area (Å²) in [5, 5.41) is 0. The highest BCUT2D eigenvalue weighted by Crippen LogP contribution is 2.21. The van der Waals surface area contributed by atoms with Crippen LogP contribution in [0.25, 0.3) is 0 Å². The number of carbonyl (C=O) groups excluding carboxylic acids is 1. The maximum absolute atomic E-state index is 13.0. The SMILES string of the molecule is O=C(N(CCCCCCOCCCCc1ccc(N2CCOCC2)cc1)Cc1ccccc1)C(F)(F)F. The van der Waals surface area contributed by atoms with Crippen molar-refractivity contribution < 1.29 is 27.4 Å². The number of carbonyl (C=O) groups is 1. The average Bonchev–Trinajstić information content (AvgIpc) is 2.91. The molecule has 1 aliphatic rings. The van der Waals surface area contributed by atoms with Crippen LogP contribution in [0.4, 0.5) is 18.9 Å². The van der Waals surface area contributed by atoms with Crippen LogP contribution in [0.5, 0.6) is 0 Å². The Morgan fingerprint density at radius 2 is 1.49 bits per heavy atom. The molecule has 8 heteroatoms. The number of aryl methyl sites for hydroxylation is 1. The molecule has 1 amide bonds. The lowest BCUT2D eigenvalue weighted by atomic mass is 10.1. The first-order chi connectivity index (χ1) is 17.9. The number of rotatable bonds is 15. The number of benzene rings is 2. The highest BCUT2D eigenvalue weighted by molar-refractivity contribution is 5.81. The Bertz CT molecular complexity index is 901. The molecule has 1 heterocycles. The number of alkyl halides is 3. The summed E-state index contributed by atoms with van der Waals surface area (Å²) in [5.41, 5.74) is 3.28. The van der Waals surface area contributed by atoms with Crippen LogP contribution < -0.4 is 4.90 Å². The van der Waals surface area contributed by atoms with Gasteiger partial charge in [-0.3, -0.25) is 4.79 Å². The standard InChI is InChI=1S/C29H39F3N2O3/c30-29(31,32)28(35)34(24-26-11-4-3-5-12-26)17-7-1-2-8-20-36-21-9-6-10-25-13-15-27(16-14-25)33-18-22-37-23-19-33/h3-5,11-16H,1-2,6-10,17-24H2. The first-order valence-electron chi connectivity index (χ1n) is 13.3. The second-order valence-electron chi connectivity index (χ2n) is 9.46. The molecule has 37 heavy (non-hydrogen) atoms. The normalized spacial score (nSPS) is 14.1. The summed E-state index contributed by atoms with van der Waals surface area (Å²) in [4.78, 5) is 15.1. The molecule has 0 aromatic heterocycles. The minimum Gasteiger partial charge on any atom is -0.381 e. The molecule has 5 nitrogen and oxygen atoms in total. The zero-order valence-electron chi connectivity index (χ0n) is 21.6. The number of anilines is 1. The Morgan fingerprint density at radius 3 is 2.16 bits per heavy atom. The summed E-state index contributed by atoms with van der Waals surface area (Å²) in [6.45, 7) is 4.92. The third kappa shape index (κ3) is 10.7. The van der Waals surface area contributed by atoms with Crippen molar-refractivity contribution in [2.75, 3.05) is 51.0 Å².